The molecule has 0 saturated carbocycles. The minimum absolute atomic E-state index is 0.350. The number of halogens is 1. The Morgan fingerprint density at radius 1 is 1.05 bits per heavy atom. The summed E-state index contributed by atoms with van der Waals surface area (Å²) >= 11 is 1.06. The first-order valence-electron chi connectivity index (χ1n) is 6.60. The van der Waals surface area contributed by atoms with Crippen LogP contribution in [0.2, 0.25) is 0 Å². The van der Waals surface area contributed by atoms with Crippen molar-refractivity contribution in [2.24, 2.45) is 0 Å². The normalized spacial score (nSPS) is 11.5. The van der Waals surface area contributed by atoms with Crippen molar-refractivity contribution in [2.45, 2.75) is 10.1 Å². The molecule has 0 radical (unpaired) electrons. The van der Waals surface area contributed by atoms with Gasteiger partial charge in [-0.15, -0.1) is 11.8 Å². The van der Waals surface area contributed by atoms with Crippen LogP contribution in [-0.2, 0) is 4.79 Å². The standard InChI is InChI=1S/C16H15FN2O2S/c1-18-16(21)19-15(20)14(11-7-3-2-4-8-11)22-13-10-6-5-9-12(13)17/h2-10,14H,1H3,(H2,18,19,20,21)/t14-/m0/s1. The van der Waals surface area contributed by atoms with Crippen molar-refractivity contribution in [3.63, 3.8) is 0 Å². The highest BCUT2D eigenvalue weighted by atomic mass is 32.2. The predicted octanol–water partition coefficient (Wildman–Crippen LogP) is 3.11. The second-order valence-electron chi connectivity index (χ2n) is 4.41. The van der Waals surface area contributed by atoms with Crippen molar-refractivity contribution in [1.29, 1.82) is 0 Å². The second kappa shape index (κ2) is 7.61. The molecule has 2 aromatic rings. The number of hydrogen-bond acceptors (Lipinski definition) is 3. The van der Waals surface area contributed by atoms with Gasteiger partial charge in [-0.3, -0.25) is 10.1 Å². The largest absolute Gasteiger partial charge is 0.341 e. The molecule has 0 spiro atoms. The summed E-state index contributed by atoms with van der Waals surface area (Å²) in [7, 11) is 1.42. The van der Waals surface area contributed by atoms with Crippen molar-refractivity contribution < 1.29 is 14.0 Å². The Balaban J connectivity index is 2.28. The average Bonchev–Trinajstić information content (AvgIpc) is 2.54. The molecule has 0 aliphatic heterocycles. The van der Waals surface area contributed by atoms with Crippen LogP contribution in [0.4, 0.5) is 9.18 Å². The molecular weight excluding hydrogens is 303 g/mol. The quantitative estimate of drug-likeness (QED) is 0.852. The van der Waals surface area contributed by atoms with Crippen LogP contribution in [0.5, 0.6) is 0 Å². The maximum atomic E-state index is 13.8. The first-order valence-corrected chi connectivity index (χ1v) is 7.48. The van der Waals surface area contributed by atoms with Crippen molar-refractivity contribution in [1.82, 2.24) is 10.6 Å². The van der Waals surface area contributed by atoms with E-state index in [2.05, 4.69) is 10.6 Å². The second-order valence-corrected chi connectivity index (χ2v) is 5.55. The fourth-order valence-corrected chi connectivity index (χ4v) is 2.86. The number of carbonyl (C=O) groups is 2. The molecule has 4 nitrogen and oxygen atoms in total. The monoisotopic (exact) mass is 318 g/mol. The van der Waals surface area contributed by atoms with Gasteiger partial charge in [0.15, 0.2) is 0 Å². The van der Waals surface area contributed by atoms with Crippen molar-refractivity contribution in [3.8, 4) is 0 Å². The van der Waals surface area contributed by atoms with Gasteiger partial charge in [0.05, 0.1) is 0 Å². The molecule has 0 aromatic heterocycles. The first kappa shape index (κ1) is 16.0. The Kier molecular flexibility index (Phi) is 5.55. The molecule has 6 heteroatoms. The number of carbonyl (C=O) groups excluding carboxylic acids is 2. The third kappa shape index (κ3) is 4.08. The number of rotatable bonds is 4. The van der Waals surface area contributed by atoms with Gasteiger partial charge in [0.1, 0.15) is 11.1 Å². The van der Waals surface area contributed by atoms with Crippen molar-refractivity contribution >= 4 is 23.7 Å². The zero-order chi connectivity index (χ0) is 15.9. The zero-order valence-corrected chi connectivity index (χ0v) is 12.7. The van der Waals surface area contributed by atoms with Crippen LogP contribution in [0.15, 0.2) is 59.5 Å². The Morgan fingerprint density at radius 3 is 2.32 bits per heavy atom. The zero-order valence-electron chi connectivity index (χ0n) is 11.9. The topological polar surface area (TPSA) is 58.2 Å². The lowest BCUT2D eigenvalue weighted by atomic mass is 10.1. The van der Waals surface area contributed by atoms with Gasteiger partial charge in [-0.05, 0) is 17.7 Å². The minimum Gasteiger partial charge on any atom is -0.341 e. The van der Waals surface area contributed by atoms with Crippen LogP contribution in [0.25, 0.3) is 0 Å². The van der Waals surface area contributed by atoms with E-state index in [1.165, 1.54) is 13.1 Å². The Morgan fingerprint density at radius 2 is 1.68 bits per heavy atom. The Labute approximate surface area is 132 Å². The summed E-state index contributed by atoms with van der Waals surface area (Å²) in [5.74, 6) is -0.903. The molecule has 1 atom stereocenters. The summed E-state index contributed by atoms with van der Waals surface area (Å²) in [6, 6.07) is 14.6. The maximum Gasteiger partial charge on any atom is 0.321 e. The van der Waals surface area contributed by atoms with Gasteiger partial charge >= 0.3 is 6.03 Å². The smallest absolute Gasteiger partial charge is 0.321 e. The third-order valence-corrected chi connectivity index (χ3v) is 4.19. The molecule has 0 saturated heterocycles. The number of thioether (sulfide) groups is 1. The van der Waals surface area contributed by atoms with Crippen LogP contribution >= 0.6 is 11.8 Å². The lowest BCUT2D eigenvalue weighted by Gasteiger charge is -2.16. The van der Waals surface area contributed by atoms with Crippen LogP contribution in [0.3, 0.4) is 0 Å². The molecule has 0 unspecified atom stereocenters. The number of amides is 3. The summed E-state index contributed by atoms with van der Waals surface area (Å²) in [6.07, 6.45) is 0. The van der Waals surface area contributed by atoms with Crippen LogP contribution in [0, 0.1) is 5.82 Å². The summed E-state index contributed by atoms with van der Waals surface area (Å²) in [4.78, 5) is 24.0. The van der Waals surface area contributed by atoms with E-state index >= 15 is 0 Å². The molecule has 0 fully saturated rings. The van der Waals surface area contributed by atoms with Crippen LogP contribution in [-0.4, -0.2) is 19.0 Å². The SMILES string of the molecule is CNC(=O)NC(=O)[C@@H](Sc1ccccc1F)c1ccccc1. The summed E-state index contributed by atoms with van der Waals surface area (Å²) < 4.78 is 13.8. The van der Waals surface area contributed by atoms with Gasteiger partial charge in [-0.2, -0.15) is 0 Å². The molecule has 2 N–H and O–H groups in total. The van der Waals surface area contributed by atoms with E-state index in [0.29, 0.717) is 10.5 Å². The van der Waals surface area contributed by atoms with E-state index in [-0.39, 0.29) is 0 Å². The van der Waals surface area contributed by atoms with Crippen LogP contribution in [0.1, 0.15) is 10.8 Å². The predicted molar refractivity (Wildman–Crippen MR) is 84.0 cm³/mol. The third-order valence-electron chi connectivity index (χ3n) is 2.89. The van der Waals surface area contributed by atoms with Crippen molar-refractivity contribution in [2.75, 3.05) is 7.05 Å². The van der Waals surface area contributed by atoms with Crippen LogP contribution < -0.4 is 10.6 Å². The maximum absolute atomic E-state index is 13.8. The number of nitrogens with one attached hydrogen (secondary N) is 2. The lowest BCUT2D eigenvalue weighted by molar-refractivity contribution is -0.119. The highest BCUT2D eigenvalue weighted by Gasteiger charge is 2.24. The first-order chi connectivity index (χ1) is 10.6. The molecule has 0 heterocycles. The highest BCUT2D eigenvalue weighted by Crippen LogP contribution is 2.36. The molecule has 0 aliphatic rings. The van der Waals surface area contributed by atoms with E-state index in [9.17, 15) is 14.0 Å². The number of hydrogen-bond donors (Lipinski definition) is 2. The van der Waals surface area contributed by atoms with E-state index < -0.39 is 23.0 Å². The number of urea groups is 1. The van der Waals surface area contributed by atoms with Gasteiger partial charge in [-0.25, -0.2) is 9.18 Å². The summed E-state index contributed by atoms with van der Waals surface area (Å²) in [5.41, 5.74) is 0.692. The minimum atomic E-state index is -0.726. The summed E-state index contributed by atoms with van der Waals surface area (Å²) in [5, 5.41) is 3.83. The number of imide groups is 1. The van der Waals surface area contributed by atoms with E-state index in [1.807, 2.05) is 6.07 Å². The van der Waals surface area contributed by atoms with Gasteiger partial charge in [0, 0.05) is 11.9 Å². The highest BCUT2D eigenvalue weighted by molar-refractivity contribution is 8.00. The molecule has 0 aliphatic carbocycles. The molecule has 2 aromatic carbocycles. The van der Waals surface area contributed by atoms with Gasteiger partial charge in [0.2, 0.25) is 5.91 Å². The molecule has 114 valence electrons. The fourth-order valence-electron chi connectivity index (χ4n) is 1.81. The molecule has 3 amide bonds. The molecule has 2 rings (SSSR count). The fraction of sp³-hybridized carbons (Fsp3) is 0.125. The number of benzene rings is 2. The van der Waals surface area contributed by atoms with Crippen molar-refractivity contribution in [3.05, 3.63) is 66.0 Å². The molecule has 22 heavy (non-hydrogen) atoms. The van der Waals surface area contributed by atoms with E-state index in [0.717, 1.165) is 11.8 Å². The van der Waals surface area contributed by atoms with Gasteiger partial charge < -0.3 is 5.32 Å². The average molecular weight is 318 g/mol. The molecule has 0 bridgehead atoms. The van der Waals surface area contributed by atoms with Gasteiger partial charge in [0.25, 0.3) is 0 Å². The van der Waals surface area contributed by atoms with Gasteiger partial charge in [-0.1, -0.05) is 42.5 Å². The summed E-state index contributed by atoms with van der Waals surface area (Å²) in [6.45, 7) is 0. The van der Waals surface area contributed by atoms with E-state index in [4.69, 9.17) is 0 Å². The van der Waals surface area contributed by atoms with E-state index in [1.54, 1.807) is 42.5 Å². The molecular formula is C16H15FN2O2S. The Hall–Kier alpha value is -2.34. The lowest BCUT2D eigenvalue weighted by Crippen LogP contribution is -2.39. The Bertz CT molecular complexity index is 664.